The number of carboxylic acids is 1. The molecule has 0 spiro atoms. The Hall–Kier alpha value is -1.24. The van der Waals surface area contributed by atoms with Crippen LogP contribution in [0.25, 0.3) is 0 Å². The summed E-state index contributed by atoms with van der Waals surface area (Å²) in [6, 6.07) is 0. The normalized spacial score (nSPS) is 16.8. The van der Waals surface area contributed by atoms with Crippen molar-refractivity contribution in [3.05, 3.63) is 0 Å². The van der Waals surface area contributed by atoms with Gasteiger partial charge >= 0.3 is 5.97 Å². The van der Waals surface area contributed by atoms with Crippen LogP contribution < -0.4 is 4.90 Å². The number of carbonyl (C=O) groups is 1. The third kappa shape index (κ3) is 3.88. The van der Waals surface area contributed by atoms with Crippen LogP contribution in [0.4, 0.5) is 5.95 Å². The van der Waals surface area contributed by atoms with Crippen LogP contribution >= 0.6 is 11.8 Å². The lowest BCUT2D eigenvalue weighted by Gasteiger charge is -2.25. The lowest BCUT2D eigenvalue weighted by Crippen LogP contribution is -2.29. The maximum Gasteiger partial charge on any atom is 0.313 e. The van der Waals surface area contributed by atoms with Gasteiger partial charge in [0.1, 0.15) is 0 Å². The number of hydrogen-bond donors (Lipinski definition) is 1. The second-order valence-electron chi connectivity index (χ2n) is 4.96. The maximum absolute atomic E-state index is 10.7. The van der Waals surface area contributed by atoms with E-state index in [1.165, 1.54) is 43.9 Å². The van der Waals surface area contributed by atoms with Gasteiger partial charge in [-0.1, -0.05) is 31.0 Å². The van der Waals surface area contributed by atoms with E-state index in [2.05, 4.69) is 15.1 Å². The minimum absolute atomic E-state index is 0.0259. The molecule has 0 radical (unpaired) electrons. The van der Waals surface area contributed by atoms with Crippen LogP contribution in [-0.2, 0) is 11.3 Å². The highest BCUT2D eigenvalue weighted by Gasteiger charge is 2.18. The van der Waals surface area contributed by atoms with Crippen LogP contribution in [0.1, 0.15) is 39.0 Å². The molecule has 0 amide bonds. The first-order valence-corrected chi connectivity index (χ1v) is 8.23. The highest BCUT2D eigenvalue weighted by molar-refractivity contribution is 7.99. The van der Waals surface area contributed by atoms with Crippen LogP contribution in [-0.4, -0.2) is 44.7 Å². The Bertz CT molecular complexity index is 442. The summed E-state index contributed by atoms with van der Waals surface area (Å²) in [5, 5.41) is 17.9. The van der Waals surface area contributed by atoms with Gasteiger partial charge < -0.3 is 10.0 Å². The molecule has 0 atom stereocenters. The van der Waals surface area contributed by atoms with Gasteiger partial charge in [-0.3, -0.25) is 9.36 Å². The Kier molecular flexibility index (Phi) is 5.70. The molecule has 1 aromatic heterocycles. The third-order valence-electron chi connectivity index (χ3n) is 3.48. The predicted octanol–water partition coefficient (Wildman–Crippen LogP) is 2.25. The van der Waals surface area contributed by atoms with Crippen molar-refractivity contribution in [3.63, 3.8) is 0 Å². The molecular formula is C13H22N4O2S. The molecule has 0 bridgehead atoms. The number of carboxylic acid groups (broad SMARTS) is 1. The van der Waals surface area contributed by atoms with Gasteiger partial charge in [0.25, 0.3) is 0 Å². The summed E-state index contributed by atoms with van der Waals surface area (Å²) in [6.07, 6.45) is 6.26. The van der Waals surface area contributed by atoms with Crippen LogP contribution in [0, 0.1) is 0 Å². The fourth-order valence-corrected chi connectivity index (χ4v) is 3.19. The van der Waals surface area contributed by atoms with E-state index in [0.717, 1.165) is 25.6 Å². The van der Waals surface area contributed by atoms with Gasteiger partial charge in [0.05, 0.1) is 5.75 Å². The SMILES string of the molecule is CCn1c(SCC(=O)O)nnc1N1CCCCCCC1. The zero-order chi connectivity index (χ0) is 14.4. The average Bonchev–Trinajstić information content (AvgIpc) is 2.78. The predicted molar refractivity (Wildman–Crippen MR) is 79.4 cm³/mol. The number of aromatic nitrogens is 3. The molecule has 20 heavy (non-hydrogen) atoms. The van der Waals surface area contributed by atoms with Gasteiger partial charge in [-0.05, 0) is 19.8 Å². The van der Waals surface area contributed by atoms with Crippen molar-refractivity contribution < 1.29 is 9.90 Å². The molecular weight excluding hydrogens is 276 g/mol. The summed E-state index contributed by atoms with van der Waals surface area (Å²) in [5.74, 6) is 0.0914. The van der Waals surface area contributed by atoms with Crippen LogP contribution in [0.5, 0.6) is 0 Å². The number of hydrogen-bond acceptors (Lipinski definition) is 5. The summed E-state index contributed by atoms with van der Waals surface area (Å²) in [4.78, 5) is 13.0. The molecule has 0 aliphatic carbocycles. The summed E-state index contributed by atoms with van der Waals surface area (Å²) in [5.41, 5.74) is 0. The second kappa shape index (κ2) is 7.52. The van der Waals surface area contributed by atoms with Crippen molar-refractivity contribution in [2.75, 3.05) is 23.7 Å². The number of rotatable bonds is 5. The molecule has 1 fully saturated rings. The number of nitrogens with zero attached hydrogens (tertiary/aromatic N) is 4. The number of aliphatic carboxylic acids is 1. The minimum atomic E-state index is -0.825. The molecule has 1 saturated heterocycles. The maximum atomic E-state index is 10.7. The first kappa shape index (κ1) is 15.2. The summed E-state index contributed by atoms with van der Waals surface area (Å²) < 4.78 is 2.02. The largest absolute Gasteiger partial charge is 0.481 e. The Morgan fingerprint density at radius 1 is 1.20 bits per heavy atom. The molecule has 6 nitrogen and oxygen atoms in total. The zero-order valence-electron chi connectivity index (χ0n) is 11.9. The van der Waals surface area contributed by atoms with E-state index in [4.69, 9.17) is 5.11 Å². The van der Waals surface area contributed by atoms with E-state index in [-0.39, 0.29) is 5.75 Å². The Balaban J connectivity index is 2.11. The molecule has 1 aliphatic rings. The number of anilines is 1. The lowest BCUT2D eigenvalue weighted by molar-refractivity contribution is -0.133. The van der Waals surface area contributed by atoms with E-state index < -0.39 is 5.97 Å². The van der Waals surface area contributed by atoms with Crippen LogP contribution in [0.2, 0.25) is 0 Å². The van der Waals surface area contributed by atoms with E-state index in [9.17, 15) is 4.79 Å². The van der Waals surface area contributed by atoms with Crippen LogP contribution in [0.15, 0.2) is 5.16 Å². The monoisotopic (exact) mass is 298 g/mol. The van der Waals surface area contributed by atoms with Crippen LogP contribution in [0.3, 0.4) is 0 Å². The van der Waals surface area contributed by atoms with Gasteiger partial charge in [-0.25, -0.2) is 0 Å². The summed E-state index contributed by atoms with van der Waals surface area (Å²) >= 11 is 1.24. The molecule has 1 aromatic rings. The first-order chi connectivity index (χ1) is 9.72. The lowest BCUT2D eigenvalue weighted by atomic mass is 10.1. The fourth-order valence-electron chi connectivity index (χ4n) is 2.47. The summed E-state index contributed by atoms with van der Waals surface area (Å²) in [6.45, 7) is 4.84. The standard InChI is InChI=1S/C13H22N4O2S/c1-2-17-12(14-15-13(17)20-10-11(18)19)16-8-6-4-3-5-7-9-16/h2-10H2,1H3,(H,18,19). The van der Waals surface area contributed by atoms with E-state index in [1.54, 1.807) is 0 Å². The van der Waals surface area contributed by atoms with Crippen molar-refractivity contribution in [1.82, 2.24) is 14.8 Å². The molecule has 1 N–H and O–H groups in total. The molecule has 7 heteroatoms. The van der Waals surface area contributed by atoms with Gasteiger partial charge in [0, 0.05) is 19.6 Å². The Labute approximate surface area is 123 Å². The molecule has 0 unspecified atom stereocenters. The summed E-state index contributed by atoms with van der Waals surface area (Å²) in [7, 11) is 0. The molecule has 0 saturated carbocycles. The smallest absolute Gasteiger partial charge is 0.313 e. The first-order valence-electron chi connectivity index (χ1n) is 7.25. The second-order valence-corrected chi connectivity index (χ2v) is 5.91. The number of thioether (sulfide) groups is 1. The third-order valence-corrected chi connectivity index (χ3v) is 4.43. The molecule has 112 valence electrons. The Morgan fingerprint density at radius 3 is 2.45 bits per heavy atom. The topological polar surface area (TPSA) is 71.2 Å². The van der Waals surface area contributed by atoms with E-state index in [0.29, 0.717) is 5.16 Å². The average molecular weight is 298 g/mol. The fraction of sp³-hybridized carbons (Fsp3) is 0.769. The van der Waals surface area contributed by atoms with Crippen molar-refractivity contribution in [1.29, 1.82) is 0 Å². The van der Waals surface area contributed by atoms with Crippen molar-refractivity contribution >= 4 is 23.7 Å². The van der Waals surface area contributed by atoms with Crippen molar-refractivity contribution in [2.45, 2.75) is 50.7 Å². The van der Waals surface area contributed by atoms with Gasteiger partial charge in [-0.2, -0.15) is 0 Å². The Morgan fingerprint density at radius 2 is 1.85 bits per heavy atom. The quantitative estimate of drug-likeness (QED) is 0.841. The van der Waals surface area contributed by atoms with Gasteiger partial charge in [0.15, 0.2) is 5.16 Å². The highest BCUT2D eigenvalue weighted by Crippen LogP contribution is 2.23. The van der Waals surface area contributed by atoms with Gasteiger partial charge in [0.2, 0.25) is 5.95 Å². The zero-order valence-corrected chi connectivity index (χ0v) is 12.7. The van der Waals surface area contributed by atoms with Crippen molar-refractivity contribution in [2.24, 2.45) is 0 Å². The molecule has 0 aromatic carbocycles. The minimum Gasteiger partial charge on any atom is -0.481 e. The molecule has 2 heterocycles. The molecule has 2 rings (SSSR count). The van der Waals surface area contributed by atoms with Crippen molar-refractivity contribution in [3.8, 4) is 0 Å². The highest BCUT2D eigenvalue weighted by atomic mass is 32.2. The van der Waals surface area contributed by atoms with Gasteiger partial charge in [-0.15, -0.1) is 10.2 Å². The van der Waals surface area contributed by atoms with E-state index >= 15 is 0 Å². The molecule has 1 aliphatic heterocycles. The van der Waals surface area contributed by atoms with E-state index in [1.807, 2.05) is 11.5 Å².